The Morgan fingerprint density at radius 2 is 2.23 bits per heavy atom. The summed E-state index contributed by atoms with van der Waals surface area (Å²) in [6, 6.07) is 7.19. The van der Waals surface area contributed by atoms with Crippen LogP contribution in [0.1, 0.15) is 31.7 Å². The van der Waals surface area contributed by atoms with Gasteiger partial charge in [-0.1, -0.05) is 19.1 Å². The second-order valence-electron chi connectivity index (χ2n) is 7.42. The molecule has 1 N–H and O–H groups in total. The second kappa shape index (κ2) is 7.62. The van der Waals surface area contributed by atoms with E-state index in [4.69, 9.17) is 0 Å². The highest BCUT2D eigenvalue weighted by atomic mass is 16.1. The average Bonchev–Trinajstić information content (AvgIpc) is 3.14. The quantitative estimate of drug-likeness (QED) is 0.812. The van der Waals surface area contributed by atoms with Crippen molar-refractivity contribution in [3.8, 4) is 0 Å². The van der Waals surface area contributed by atoms with Crippen LogP contribution in [0.5, 0.6) is 0 Å². The highest BCUT2D eigenvalue weighted by Gasteiger charge is 2.30. The van der Waals surface area contributed by atoms with Gasteiger partial charge in [0.05, 0.1) is 0 Å². The van der Waals surface area contributed by atoms with Gasteiger partial charge in [0.1, 0.15) is 0 Å². The van der Waals surface area contributed by atoms with Crippen LogP contribution in [0, 0.1) is 0 Å². The van der Waals surface area contributed by atoms with Gasteiger partial charge in [-0.3, -0.25) is 9.78 Å². The van der Waals surface area contributed by atoms with Crippen molar-refractivity contribution in [3.05, 3.63) is 36.2 Å². The van der Waals surface area contributed by atoms with Crippen molar-refractivity contribution in [2.75, 3.05) is 37.6 Å². The molecule has 138 valence electrons. The van der Waals surface area contributed by atoms with Crippen LogP contribution < -0.4 is 10.2 Å². The zero-order chi connectivity index (χ0) is 17.9. The molecule has 0 radical (unpaired) electrons. The summed E-state index contributed by atoms with van der Waals surface area (Å²) in [5.41, 5.74) is 2.77. The Kier molecular flexibility index (Phi) is 5.07. The number of carbonyl (C=O) groups excluding carboxylic acids is 1. The molecule has 1 unspecified atom stereocenters. The van der Waals surface area contributed by atoms with Gasteiger partial charge in [0.2, 0.25) is 5.91 Å². The first-order valence-electron chi connectivity index (χ1n) is 9.87. The van der Waals surface area contributed by atoms with Gasteiger partial charge < -0.3 is 15.1 Å². The summed E-state index contributed by atoms with van der Waals surface area (Å²) in [4.78, 5) is 20.9. The number of carbonyl (C=O) groups is 1. The molecule has 1 saturated heterocycles. The third-order valence-corrected chi connectivity index (χ3v) is 5.75. The minimum absolute atomic E-state index is 0.152. The number of pyridine rings is 1. The number of nitrogens with zero attached hydrogens (tertiary/aromatic N) is 3. The molecule has 4 rings (SSSR count). The number of rotatable bonds is 6. The van der Waals surface area contributed by atoms with Gasteiger partial charge in [0.15, 0.2) is 0 Å². The molecule has 0 bridgehead atoms. The highest BCUT2D eigenvalue weighted by molar-refractivity contribution is 5.97. The number of hydrogen-bond acceptors (Lipinski definition) is 4. The Morgan fingerprint density at radius 3 is 3.12 bits per heavy atom. The Morgan fingerprint density at radius 1 is 1.31 bits per heavy atom. The van der Waals surface area contributed by atoms with Crippen LogP contribution in [0.2, 0.25) is 0 Å². The van der Waals surface area contributed by atoms with Gasteiger partial charge in [-0.2, -0.15) is 0 Å². The standard InChI is InChI=1S/C21H28N4O/c1-2-20(26)23-9-4-10-24-11-8-18(15-24)25-12-7-17-14-22-13-16-5-3-6-19(25)21(16)17/h3,5-6,13-14,18H,2,4,7-12,15H2,1H3,(H,23,26). The maximum absolute atomic E-state index is 11.3. The molecular weight excluding hydrogens is 324 g/mol. The van der Waals surface area contributed by atoms with Gasteiger partial charge in [-0.05, 0) is 37.4 Å². The smallest absolute Gasteiger partial charge is 0.219 e. The van der Waals surface area contributed by atoms with Crippen molar-refractivity contribution < 1.29 is 4.79 Å². The molecule has 3 heterocycles. The number of nitrogens with one attached hydrogen (secondary N) is 1. The topological polar surface area (TPSA) is 48.5 Å². The summed E-state index contributed by atoms with van der Waals surface area (Å²) in [5, 5.41) is 5.63. The van der Waals surface area contributed by atoms with Crippen molar-refractivity contribution >= 4 is 22.4 Å². The van der Waals surface area contributed by atoms with E-state index >= 15 is 0 Å². The first-order chi connectivity index (χ1) is 12.8. The predicted octanol–water partition coefficient (Wildman–Crippen LogP) is 2.59. The first-order valence-corrected chi connectivity index (χ1v) is 9.87. The fourth-order valence-electron chi connectivity index (χ4n) is 4.38. The molecule has 1 aromatic carbocycles. The first kappa shape index (κ1) is 17.3. The lowest BCUT2D eigenvalue weighted by atomic mass is 9.97. The molecule has 1 atom stereocenters. The Labute approximate surface area is 155 Å². The Balaban J connectivity index is 1.39. The van der Waals surface area contributed by atoms with Crippen LogP contribution in [-0.4, -0.2) is 54.6 Å². The van der Waals surface area contributed by atoms with Crippen LogP contribution in [0.3, 0.4) is 0 Å². The largest absolute Gasteiger partial charge is 0.366 e. The summed E-state index contributed by atoms with van der Waals surface area (Å²) in [6.45, 7) is 7.12. The number of likely N-dealkylation sites (tertiary alicyclic amines) is 1. The Bertz CT molecular complexity index is 785. The molecular formula is C21H28N4O. The molecule has 1 fully saturated rings. The molecule has 0 aliphatic carbocycles. The van der Waals surface area contributed by atoms with E-state index in [1.54, 1.807) is 0 Å². The van der Waals surface area contributed by atoms with E-state index in [1.165, 1.54) is 28.4 Å². The molecule has 1 aromatic heterocycles. The van der Waals surface area contributed by atoms with E-state index in [0.717, 1.165) is 45.6 Å². The minimum Gasteiger partial charge on any atom is -0.366 e. The molecule has 2 aliphatic rings. The molecule has 2 aromatic rings. The van der Waals surface area contributed by atoms with Gasteiger partial charge in [-0.15, -0.1) is 0 Å². The number of amides is 1. The monoisotopic (exact) mass is 352 g/mol. The normalized spacial score (nSPS) is 19.9. The number of anilines is 1. The molecule has 5 heteroatoms. The Hall–Kier alpha value is -2.14. The van der Waals surface area contributed by atoms with Crippen LogP contribution in [0.4, 0.5) is 5.69 Å². The van der Waals surface area contributed by atoms with Gasteiger partial charge >= 0.3 is 0 Å². The van der Waals surface area contributed by atoms with Gasteiger partial charge in [0.25, 0.3) is 0 Å². The lowest BCUT2D eigenvalue weighted by Gasteiger charge is -2.36. The highest BCUT2D eigenvalue weighted by Crippen LogP contribution is 2.36. The van der Waals surface area contributed by atoms with Crippen molar-refractivity contribution in [3.63, 3.8) is 0 Å². The van der Waals surface area contributed by atoms with Crippen molar-refractivity contribution in [2.24, 2.45) is 0 Å². The van der Waals surface area contributed by atoms with E-state index < -0.39 is 0 Å². The number of benzene rings is 1. The van der Waals surface area contributed by atoms with E-state index in [0.29, 0.717) is 12.5 Å². The van der Waals surface area contributed by atoms with Crippen LogP contribution in [0.15, 0.2) is 30.6 Å². The number of hydrogen-bond donors (Lipinski definition) is 1. The van der Waals surface area contributed by atoms with E-state index in [2.05, 4.69) is 38.3 Å². The van der Waals surface area contributed by atoms with Crippen molar-refractivity contribution in [1.29, 1.82) is 0 Å². The maximum atomic E-state index is 11.3. The molecule has 0 spiro atoms. The summed E-state index contributed by atoms with van der Waals surface area (Å²) in [6.07, 6.45) is 7.93. The summed E-state index contributed by atoms with van der Waals surface area (Å²) in [7, 11) is 0. The summed E-state index contributed by atoms with van der Waals surface area (Å²) in [5.74, 6) is 0.152. The lowest BCUT2D eigenvalue weighted by Crippen LogP contribution is -2.41. The molecule has 26 heavy (non-hydrogen) atoms. The maximum Gasteiger partial charge on any atom is 0.219 e. The fourth-order valence-corrected chi connectivity index (χ4v) is 4.38. The molecule has 2 aliphatic heterocycles. The summed E-state index contributed by atoms with van der Waals surface area (Å²) >= 11 is 0. The van der Waals surface area contributed by atoms with Gasteiger partial charge in [-0.25, -0.2) is 0 Å². The van der Waals surface area contributed by atoms with Gasteiger partial charge in [0, 0.05) is 67.5 Å². The van der Waals surface area contributed by atoms with Crippen LogP contribution >= 0.6 is 0 Å². The zero-order valence-electron chi connectivity index (χ0n) is 15.6. The van der Waals surface area contributed by atoms with Crippen LogP contribution in [-0.2, 0) is 11.2 Å². The third kappa shape index (κ3) is 3.40. The van der Waals surface area contributed by atoms with Crippen molar-refractivity contribution in [2.45, 2.75) is 38.6 Å². The van der Waals surface area contributed by atoms with E-state index in [9.17, 15) is 4.79 Å². The second-order valence-corrected chi connectivity index (χ2v) is 7.42. The molecule has 0 saturated carbocycles. The van der Waals surface area contributed by atoms with Crippen LogP contribution in [0.25, 0.3) is 10.8 Å². The fraction of sp³-hybridized carbons (Fsp3) is 0.524. The van der Waals surface area contributed by atoms with Crippen molar-refractivity contribution in [1.82, 2.24) is 15.2 Å². The zero-order valence-corrected chi connectivity index (χ0v) is 15.6. The summed E-state index contributed by atoms with van der Waals surface area (Å²) < 4.78 is 0. The minimum atomic E-state index is 0.152. The third-order valence-electron chi connectivity index (χ3n) is 5.75. The van der Waals surface area contributed by atoms with E-state index in [1.807, 2.05) is 19.3 Å². The average molecular weight is 352 g/mol. The lowest BCUT2D eigenvalue weighted by molar-refractivity contribution is -0.120. The molecule has 1 amide bonds. The number of aromatic nitrogens is 1. The predicted molar refractivity (Wildman–Crippen MR) is 106 cm³/mol. The SMILES string of the molecule is CCC(=O)NCCCN1CCC(N2CCc3cncc4cccc2c34)C1. The molecule has 5 nitrogen and oxygen atoms in total. The van der Waals surface area contributed by atoms with E-state index in [-0.39, 0.29) is 5.91 Å².